The van der Waals surface area contributed by atoms with Gasteiger partial charge in [0.1, 0.15) is 12.1 Å². The van der Waals surface area contributed by atoms with Gasteiger partial charge in [0.25, 0.3) is 20.4 Å². The van der Waals surface area contributed by atoms with E-state index in [0.717, 1.165) is 85.6 Å². The molecule has 1 heterocycles. The summed E-state index contributed by atoms with van der Waals surface area (Å²) < 4.78 is 2.63. The lowest BCUT2D eigenvalue weighted by molar-refractivity contribution is -0.140. The zero-order chi connectivity index (χ0) is 34.1. The van der Waals surface area contributed by atoms with E-state index in [1.54, 1.807) is 16.7 Å². The van der Waals surface area contributed by atoms with Crippen LogP contribution in [0, 0.1) is 0 Å². The highest BCUT2D eigenvalue weighted by Crippen LogP contribution is 2.37. The molecular formula is C34H38B2BrN3O7. The summed E-state index contributed by atoms with van der Waals surface area (Å²) in [5.41, 5.74) is 6.19. The summed E-state index contributed by atoms with van der Waals surface area (Å²) in [6.07, 6.45) is 8.27. The number of rotatable bonds is 12. The van der Waals surface area contributed by atoms with Crippen LogP contribution in [0.15, 0.2) is 64.0 Å². The number of nitrogens with one attached hydrogen (secondary N) is 2. The zero-order valence-electron chi connectivity index (χ0n) is 26.4. The second-order valence-corrected chi connectivity index (χ2v) is 13.0. The highest BCUT2D eigenvalue weighted by molar-refractivity contribution is 9.10. The van der Waals surface area contributed by atoms with E-state index < -0.39 is 24.0 Å². The van der Waals surface area contributed by atoms with Gasteiger partial charge in [0.2, 0.25) is 0 Å². The third-order valence-corrected chi connectivity index (χ3v) is 9.32. The summed E-state index contributed by atoms with van der Waals surface area (Å²) in [6.45, 7) is 3.92. The van der Waals surface area contributed by atoms with Crippen molar-refractivity contribution in [2.24, 2.45) is 0 Å². The fourth-order valence-corrected chi connectivity index (χ4v) is 6.98. The first kappa shape index (κ1) is 36.0. The molecule has 0 spiro atoms. The second kappa shape index (κ2) is 16.9. The van der Waals surface area contributed by atoms with Crippen LogP contribution in [0.25, 0.3) is 11.1 Å². The maximum absolute atomic E-state index is 12.1. The lowest BCUT2D eigenvalue weighted by Gasteiger charge is -2.31. The molecular weight excluding hydrogens is 664 g/mol. The normalized spacial score (nSPS) is 18.0. The second-order valence-electron chi connectivity index (χ2n) is 12.1. The van der Waals surface area contributed by atoms with E-state index >= 15 is 0 Å². The van der Waals surface area contributed by atoms with Gasteiger partial charge in [-0.2, -0.15) is 0 Å². The molecule has 2 radical (unpaired) electrons. The van der Waals surface area contributed by atoms with Crippen molar-refractivity contribution in [3.8, 4) is 11.1 Å². The Morgan fingerprint density at radius 1 is 0.830 bits per heavy atom. The Hall–Kier alpha value is -3.80. The summed E-state index contributed by atoms with van der Waals surface area (Å²) in [5.74, 6) is -2.26. The van der Waals surface area contributed by atoms with Gasteiger partial charge in [-0.05, 0) is 104 Å². The molecule has 3 aromatic rings. The van der Waals surface area contributed by atoms with Crippen LogP contribution in [-0.2, 0) is 32.0 Å². The minimum absolute atomic E-state index is 0.0471. The van der Waals surface area contributed by atoms with Gasteiger partial charge in [-0.1, -0.05) is 40.2 Å². The molecule has 244 valence electrons. The number of aromatic nitrogens is 1. The van der Waals surface area contributed by atoms with Crippen LogP contribution in [0.1, 0.15) is 79.7 Å². The molecule has 2 aliphatic carbocycles. The van der Waals surface area contributed by atoms with Crippen molar-refractivity contribution >= 4 is 55.1 Å². The van der Waals surface area contributed by atoms with Gasteiger partial charge in [-0.15, -0.1) is 0 Å². The van der Waals surface area contributed by atoms with Crippen molar-refractivity contribution in [1.29, 1.82) is 0 Å². The van der Waals surface area contributed by atoms with Crippen LogP contribution in [-0.4, -0.2) is 66.0 Å². The fourth-order valence-electron chi connectivity index (χ4n) is 6.60. The topological polar surface area (TPSA) is 155 Å². The molecule has 4 N–H and O–H groups in total. The molecule has 0 fully saturated rings. The van der Waals surface area contributed by atoms with Gasteiger partial charge in [-0.3, -0.25) is 14.4 Å². The Balaban J connectivity index is 0.000000229. The number of pyridine rings is 1. The molecule has 0 aliphatic heterocycles. The summed E-state index contributed by atoms with van der Waals surface area (Å²) in [4.78, 5) is 56.3. The lowest BCUT2D eigenvalue weighted by atomic mass is 9.76. The number of fused-ring (bicyclic) bond motifs is 2. The molecule has 0 saturated heterocycles. The maximum Gasteiger partial charge on any atom is 0.320 e. The molecule has 2 aliphatic rings. The number of hydrogen-bond acceptors (Lipinski definition) is 7. The monoisotopic (exact) mass is 701 g/mol. The predicted octanol–water partition coefficient (Wildman–Crippen LogP) is 4.09. The predicted molar refractivity (Wildman–Crippen MR) is 186 cm³/mol. The molecule has 2 aromatic carbocycles. The van der Waals surface area contributed by atoms with Crippen molar-refractivity contribution in [1.82, 2.24) is 15.0 Å². The number of carboxylic acid groups (broad SMARTS) is 2. The van der Waals surface area contributed by atoms with E-state index in [0.29, 0.717) is 12.4 Å². The van der Waals surface area contributed by atoms with Crippen LogP contribution in [0.4, 0.5) is 0 Å². The standard InChI is InChI=1S/C21H24BN2O4.C13H14BBrNO3/c1-13(2)24-11-16(8-9-19(24)26)15-7-6-14-4-3-5-17(18(14)10-15)20(21(27)28)23-22-12-25;15-9-5-4-8-2-1-3-10(11(8)6-9)12(13(18)19)16-14-7-17/h6-13,17,20,23H,3-5H2,1-2H3,(H,27,28);4-7,10,12,16H,1-3H2,(H,18,19)/t17-,20+;10-,12+/m11/s1. The first-order valence-corrected chi connectivity index (χ1v) is 16.5. The van der Waals surface area contributed by atoms with Gasteiger partial charge in [-0.25, -0.2) is 0 Å². The minimum Gasteiger partial charge on any atom is -0.480 e. The third-order valence-electron chi connectivity index (χ3n) is 8.83. The smallest absolute Gasteiger partial charge is 0.320 e. The van der Waals surface area contributed by atoms with E-state index in [1.165, 1.54) is 5.56 Å². The van der Waals surface area contributed by atoms with Crippen molar-refractivity contribution in [3.05, 3.63) is 91.8 Å². The Labute approximate surface area is 284 Å². The summed E-state index contributed by atoms with van der Waals surface area (Å²) in [6, 6.07) is 13.9. The molecule has 5 rings (SSSR count). The van der Waals surface area contributed by atoms with E-state index in [2.05, 4.69) is 26.4 Å². The first-order valence-electron chi connectivity index (χ1n) is 15.7. The highest BCUT2D eigenvalue weighted by Gasteiger charge is 2.33. The maximum atomic E-state index is 12.1. The van der Waals surface area contributed by atoms with Crippen LogP contribution in [0.2, 0.25) is 0 Å². The largest absolute Gasteiger partial charge is 0.480 e. The summed E-state index contributed by atoms with van der Waals surface area (Å²) in [5, 5.41) is 24.4. The molecule has 0 amide bonds. The van der Waals surface area contributed by atoms with Gasteiger partial charge in [0, 0.05) is 34.6 Å². The zero-order valence-corrected chi connectivity index (χ0v) is 28.0. The van der Waals surface area contributed by atoms with Gasteiger partial charge in [0.15, 0.2) is 0 Å². The van der Waals surface area contributed by atoms with Crippen LogP contribution >= 0.6 is 15.9 Å². The number of nitrogens with zero attached hydrogens (tertiary/aromatic N) is 1. The highest BCUT2D eigenvalue weighted by atomic mass is 79.9. The minimum atomic E-state index is -0.977. The van der Waals surface area contributed by atoms with Gasteiger partial charge < -0.3 is 34.8 Å². The van der Waals surface area contributed by atoms with Crippen LogP contribution in [0.3, 0.4) is 0 Å². The molecule has 4 atom stereocenters. The van der Waals surface area contributed by atoms with E-state index in [9.17, 15) is 34.2 Å². The number of aliphatic carboxylic acids is 2. The average Bonchev–Trinajstić information content (AvgIpc) is 3.05. The average molecular weight is 702 g/mol. The number of halogens is 1. The number of carboxylic acids is 2. The van der Waals surface area contributed by atoms with Crippen LogP contribution < -0.4 is 16.0 Å². The van der Waals surface area contributed by atoms with Gasteiger partial charge in [0.05, 0.1) is 12.4 Å². The molecule has 47 heavy (non-hydrogen) atoms. The molecule has 0 bridgehead atoms. The van der Waals surface area contributed by atoms with Crippen molar-refractivity contribution in [3.63, 3.8) is 0 Å². The third kappa shape index (κ3) is 8.97. The SMILES string of the molecule is CC(C)n1cc(-c2ccc3c(c2)[C@H]([C@H](N[B]C=O)C(=O)O)CCC3)ccc1=O.O=C[B]N[C@H](C(=O)O)[C@@H]1CCCc2ccc(Br)cc21. The Kier molecular flexibility index (Phi) is 12.9. The van der Waals surface area contributed by atoms with Gasteiger partial charge >= 0.3 is 11.9 Å². The van der Waals surface area contributed by atoms with Crippen molar-refractivity contribution < 1.29 is 29.4 Å². The number of aryl methyl sites for hydroxylation is 2. The Morgan fingerprint density at radius 2 is 1.34 bits per heavy atom. The first-order chi connectivity index (χ1) is 22.5. The quantitative estimate of drug-likeness (QED) is 0.162. The molecule has 0 unspecified atom stereocenters. The summed E-state index contributed by atoms with van der Waals surface area (Å²) in [7, 11) is 2.31. The number of benzene rings is 2. The number of carbonyl (C=O) groups is 4. The van der Waals surface area contributed by atoms with Crippen LogP contribution in [0.5, 0.6) is 0 Å². The van der Waals surface area contributed by atoms with E-state index in [1.807, 2.05) is 56.4 Å². The Morgan fingerprint density at radius 3 is 1.85 bits per heavy atom. The number of hydrogen-bond donors (Lipinski definition) is 4. The summed E-state index contributed by atoms with van der Waals surface area (Å²) >= 11 is 3.42. The van der Waals surface area contributed by atoms with E-state index in [-0.39, 0.29) is 23.4 Å². The van der Waals surface area contributed by atoms with Crippen molar-refractivity contribution in [2.45, 2.75) is 82.3 Å². The van der Waals surface area contributed by atoms with Crippen molar-refractivity contribution in [2.75, 3.05) is 0 Å². The molecule has 10 nitrogen and oxygen atoms in total. The lowest BCUT2D eigenvalue weighted by Crippen LogP contribution is -2.45. The molecule has 1 aromatic heterocycles. The molecule has 0 saturated carbocycles. The molecule has 13 heteroatoms. The van der Waals surface area contributed by atoms with E-state index in [4.69, 9.17) is 0 Å². The Bertz CT molecular complexity index is 1660. The number of carbonyl (C=O) groups excluding carboxylic acids is 2. The fraction of sp³-hybridized carbons (Fsp3) is 0.382.